The summed E-state index contributed by atoms with van der Waals surface area (Å²) in [5.41, 5.74) is 2.30. The molecule has 6 heteroatoms. The Balaban J connectivity index is 1.58. The molecule has 0 unspecified atom stereocenters. The van der Waals surface area contributed by atoms with Crippen LogP contribution in [-0.2, 0) is 9.53 Å². The van der Waals surface area contributed by atoms with Crippen molar-refractivity contribution in [1.82, 2.24) is 10.2 Å². The minimum atomic E-state index is -0.132. The molecule has 28 heavy (non-hydrogen) atoms. The molecule has 0 aliphatic carbocycles. The molecule has 0 aromatic heterocycles. The second-order valence-corrected chi connectivity index (χ2v) is 6.84. The molecule has 6 nitrogen and oxygen atoms in total. The fourth-order valence-electron chi connectivity index (χ4n) is 3.22. The number of carbonyl (C=O) groups is 1. The Bertz CT molecular complexity index is 740. The largest absolute Gasteiger partial charge is 0.497 e. The van der Waals surface area contributed by atoms with Gasteiger partial charge in [0.05, 0.1) is 26.4 Å². The lowest BCUT2D eigenvalue weighted by Gasteiger charge is -2.35. The third kappa shape index (κ3) is 5.71. The Hall–Kier alpha value is -2.57. The van der Waals surface area contributed by atoms with Crippen molar-refractivity contribution in [2.75, 3.05) is 46.6 Å². The second-order valence-electron chi connectivity index (χ2n) is 6.84. The first-order chi connectivity index (χ1) is 13.7. The van der Waals surface area contributed by atoms with Crippen LogP contribution in [0.1, 0.15) is 17.2 Å². The third-order valence-electron chi connectivity index (χ3n) is 4.87. The molecule has 1 aliphatic rings. The average molecular weight is 384 g/mol. The van der Waals surface area contributed by atoms with Gasteiger partial charge in [0, 0.05) is 19.6 Å². The van der Waals surface area contributed by atoms with Crippen LogP contribution >= 0.6 is 0 Å². The summed E-state index contributed by atoms with van der Waals surface area (Å²) in [6, 6.07) is 15.8. The normalized spacial score (nSPS) is 15.6. The molecule has 1 aliphatic heterocycles. The minimum absolute atomic E-state index is 0.00149. The van der Waals surface area contributed by atoms with E-state index in [-0.39, 0.29) is 18.6 Å². The predicted octanol–water partition coefficient (Wildman–Crippen LogP) is 2.57. The molecule has 0 saturated carbocycles. The number of rotatable bonds is 8. The van der Waals surface area contributed by atoms with Gasteiger partial charge in [-0.05, 0) is 36.8 Å². The summed E-state index contributed by atoms with van der Waals surface area (Å²) in [4.78, 5) is 14.6. The van der Waals surface area contributed by atoms with Crippen molar-refractivity contribution < 1.29 is 19.0 Å². The molecule has 1 N–H and O–H groups in total. The van der Waals surface area contributed by atoms with Gasteiger partial charge in [-0.15, -0.1) is 0 Å². The van der Waals surface area contributed by atoms with Crippen molar-refractivity contribution in [2.45, 2.75) is 13.0 Å². The Morgan fingerprint density at radius 1 is 1.07 bits per heavy atom. The number of hydrogen-bond donors (Lipinski definition) is 1. The van der Waals surface area contributed by atoms with E-state index in [2.05, 4.69) is 10.2 Å². The number of morpholine rings is 1. The Labute approximate surface area is 166 Å². The van der Waals surface area contributed by atoms with Gasteiger partial charge in [0.2, 0.25) is 0 Å². The summed E-state index contributed by atoms with van der Waals surface area (Å²) in [6.45, 7) is 5.62. The van der Waals surface area contributed by atoms with E-state index in [1.165, 1.54) is 0 Å². The molecule has 0 radical (unpaired) electrons. The van der Waals surface area contributed by atoms with Gasteiger partial charge in [-0.25, -0.2) is 0 Å². The highest BCUT2D eigenvalue weighted by Gasteiger charge is 2.23. The van der Waals surface area contributed by atoms with Crippen LogP contribution < -0.4 is 14.8 Å². The van der Waals surface area contributed by atoms with Gasteiger partial charge in [-0.2, -0.15) is 0 Å². The number of amides is 1. The lowest BCUT2D eigenvalue weighted by molar-refractivity contribution is -0.123. The molecule has 1 atom stereocenters. The van der Waals surface area contributed by atoms with Gasteiger partial charge in [0.1, 0.15) is 11.5 Å². The van der Waals surface area contributed by atoms with E-state index in [0.717, 1.165) is 30.0 Å². The number of aryl methyl sites for hydroxylation is 1. The van der Waals surface area contributed by atoms with Crippen molar-refractivity contribution in [1.29, 1.82) is 0 Å². The Morgan fingerprint density at radius 3 is 2.36 bits per heavy atom. The second kappa shape index (κ2) is 10.1. The fraction of sp³-hybridized carbons (Fsp3) is 0.409. The third-order valence-corrected chi connectivity index (χ3v) is 4.87. The van der Waals surface area contributed by atoms with Gasteiger partial charge in [0.15, 0.2) is 6.61 Å². The predicted molar refractivity (Wildman–Crippen MR) is 108 cm³/mol. The van der Waals surface area contributed by atoms with Crippen LogP contribution in [0.5, 0.6) is 11.5 Å². The fourth-order valence-corrected chi connectivity index (χ4v) is 3.22. The monoisotopic (exact) mass is 384 g/mol. The number of ether oxygens (including phenoxy) is 3. The van der Waals surface area contributed by atoms with E-state index >= 15 is 0 Å². The topological polar surface area (TPSA) is 60.0 Å². The first-order valence-corrected chi connectivity index (χ1v) is 9.57. The van der Waals surface area contributed by atoms with E-state index in [4.69, 9.17) is 14.2 Å². The first-order valence-electron chi connectivity index (χ1n) is 9.57. The number of hydrogen-bond acceptors (Lipinski definition) is 5. The zero-order valence-electron chi connectivity index (χ0n) is 16.5. The molecule has 0 bridgehead atoms. The number of nitrogens with one attached hydrogen (secondary N) is 1. The Morgan fingerprint density at radius 2 is 1.71 bits per heavy atom. The summed E-state index contributed by atoms with van der Waals surface area (Å²) >= 11 is 0. The van der Waals surface area contributed by atoms with E-state index in [1.807, 2.05) is 55.5 Å². The van der Waals surface area contributed by atoms with Crippen LogP contribution in [0.15, 0.2) is 48.5 Å². The van der Waals surface area contributed by atoms with Crippen LogP contribution in [0.3, 0.4) is 0 Å². The highest BCUT2D eigenvalue weighted by molar-refractivity contribution is 5.77. The lowest BCUT2D eigenvalue weighted by atomic mass is 10.0. The maximum absolute atomic E-state index is 12.3. The van der Waals surface area contributed by atoms with Crippen molar-refractivity contribution in [2.24, 2.45) is 0 Å². The van der Waals surface area contributed by atoms with E-state index in [0.29, 0.717) is 25.5 Å². The van der Waals surface area contributed by atoms with Crippen LogP contribution in [-0.4, -0.2) is 57.4 Å². The standard InChI is InChI=1S/C22H28N2O4/c1-17-3-7-20(8-4-17)28-16-22(25)23-15-21(24-11-13-27-14-12-24)18-5-9-19(26-2)10-6-18/h3-10,21H,11-16H2,1-2H3,(H,23,25)/t21-/m0/s1. The summed E-state index contributed by atoms with van der Waals surface area (Å²) in [7, 11) is 1.66. The van der Waals surface area contributed by atoms with Gasteiger partial charge < -0.3 is 19.5 Å². The molecule has 2 aromatic rings. The number of benzene rings is 2. The van der Waals surface area contributed by atoms with Crippen molar-refractivity contribution >= 4 is 5.91 Å². The quantitative estimate of drug-likeness (QED) is 0.758. The number of methoxy groups -OCH3 is 1. The summed E-state index contributed by atoms with van der Waals surface area (Å²) in [5, 5.41) is 3.01. The van der Waals surface area contributed by atoms with Crippen molar-refractivity contribution in [3.05, 3.63) is 59.7 Å². The smallest absolute Gasteiger partial charge is 0.258 e. The van der Waals surface area contributed by atoms with Crippen LogP contribution in [0.4, 0.5) is 0 Å². The maximum Gasteiger partial charge on any atom is 0.258 e. The molecular formula is C22H28N2O4. The van der Waals surface area contributed by atoms with Gasteiger partial charge in [0.25, 0.3) is 5.91 Å². The van der Waals surface area contributed by atoms with Gasteiger partial charge in [-0.1, -0.05) is 29.8 Å². The molecule has 1 saturated heterocycles. The zero-order chi connectivity index (χ0) is 19.8. The molecule has 0 spiro atoms. The zero-order valence-corrected chi connectivity index (χ0v) is 16.5. The van der Waals surface area contributed by atoms with Crippen LogP contribution in [0, 0.1) is 6.92 Å². The van der Waals surface area contributed by atoms with Gasteiger partial charge >= 0.3 is 0 Å². The SMILES string of the molecule is COc1ccc([C@H](CNC(=O)COc2ccc(C)cc2)N2CCOCC2)cc1. The van der Waals surface area contributed by atoms with Crippen LogP contribution in [0.25, 0.3) is 0 Å². The van der Waals surface area contributed by atoms with E-state index in [9.17, 15) is 4.79 Å². The highest BCUT2D eigenvalue weighted by Crippen LogP contribution is 2.23. The molecule has 2 aromatic carbocycles. The lowest BCUT2D eigenvalue weighted by Crippen LogP contribution is -2.44. The molecule has 3 rings (SSSR count). The molecular weight excluding hydrogens is 356 g/mol. The average Bonchev–Trinajstić information content (AvgIpc) is 2.74. The van der Waals surface area contributed by atoms with Crippen molar-refractivity contribution in [3.63, 3.8) is 0 Å². The molecule has 1 amide bonds. The van der Waals surface area contributed by atoms with E-state index in [1.54, 1.807) is 7.11 Å². The highest BCUT2D eigenvalue weighted by atomic mass is 16.5. The summed E-state index contributed by atoms with van der Waals surface area (Å²) in [6.07, 6.45) is 0. The Kier molecular flexibility index (Phi) is 7.28. The molecule has 1 heterocycles. The minimum Gasteiger partial charge on any atom is -0.497 e. The molecule has 1 fully saturated rings. The summed E-state index contributed by atoms with van der Waals surface area (Å²) < 4.78 is 16.3. The molecule has 150 valence electrons. The van der Waals surface area contributed by atoms with Crippen LogP contribution in [0.2, 0.25) is 0 Å². The number of nitrogens with zero attached hydrogens (tertiary/aromatic N) is 1. The van der Waals surface area contributed by atoms with E-state index < -0.39 is 0 Å². The summed E-state index contributed by atoms with van der Waals surface area (Å²) in [5.74, 6) is 1.38. The van der Waals surface area contributed by atoms with Gasteiger partial charge in [-0.3, -0.25) is 9.69 Å². The number of carbonyl (C=O) groups excluding carboxylic acids is 1. The maximum atomic E-state index is 12.3. The van der Waals surface area contributed by atoms with Crippen molar-refractivity contribution in [3.8, 4) is 11.5 Å². The first kappa shape index (κ1) is 20.2.